The topological polar surface area (TPSA) is 61.8 Å². The summed E-state index contributed by atoms with van der Waals surface area (Å²) in [5.41, 5.74) is 2.59. The first-order valence-corrected chi connectivity index (χ1v) is 4.71. The number of hydrogen-bond acceptors (Lipinski definition) is 3. The Kier molecular flexibility index (Phi) is 3.59. The molecule has 2 aromatic rings. The molecular formula is C10H15N3O. The van der Waals surface area contributed by atoms with E-state index in [-0.39, 0.29) is 6.61 Å². The Balaban J connectivity index is 0.000000461. The second-order valence-corrected chi connectivity index (χ2v) is 2.69. The molecule has 0 aliphatic heterocycles. The number of pyridine rings is 1. The summed E-state index contributed by atoms with van der Waals surface area (Å²) in [5, 5.41) is 16.7. The highest BCUT2D eigenvalue weighted by Crippen LogP contribution is 2.17. The lowest BCUT2D eigenvalue weighted by Crippen LogP contribution is -1.90. The first-order valence-electron chi connectivity index (χ1n) is 4.71. The van der Waals surface area contributed by atoms with E-state index < -0.39 is 0 Å². The average Bonchev–Trinajstić information content (AvgIpc) is 2.71. The van der Waals surface area contributed by atoms with Gasteiger partial charge in [0, 0.05) is 22.8 Å². The number of aromatic nitrogens is 3. The van der Waals surface area contributed by atoms with Crippen LogP contribution >= 0.6 is 0 Å². The van der Waals surface area contributed by atoms with Crippen molar-refractivity contribution in [3.63, 3.8) is 0 Å². The molecule has 0 atom stereocenters. The van der Waals surface area contributed by atoms with Gasteiger partial charge in [0.15, 0.2) is 0 Å². The van der Waals surface area contributed by atoms with Gasteiger partial charge in [0.25, 0.3) is 0 Å². The number of rotatable bonds is 1. The van der Waals surface area contributed by atoms with Crippen molar-refractivity contribution in [1.82, 2.24) is 15.2 Å². The number of aromatic amines is 1. The molecule has 2 aromatic heterocycles. The quantitative estimate of drug-likeness (QED) is 0.725. The highest BCUT2D eigenvalue weighted by atomic mass is 16.3. The molecule has 76 valence electrons. The van der Waals surface area contributed by atoms with Crippen molar-refractivity contribution in [2.24, 2.45) is 0 Å². The van der Waals surface area contributed by atoms with Gasteiger partial charge in [-0.3, -0.25) is 10.1 Å². The van der Waals surface area contributed by atoms with E-state index in [2.05, 4.69) is 15.2 Å². The summed E-state index contributed by atoms with van der Waals surface area (Å²) < 4.78 is 0. The van der Waals surface area contributed by atoms with Gasteiger partial charge in [-0.2, -0.15) is 5.10 Å². The van der Waals surface area contributed by atoms with Crippen LogP contribution in [-0.4, -0.2) is 20.3 Å². The Morgan fingerprint density at radius 2 is 2.07 bits per heavy atom. The van der Waals surface area contributed by atoms with Gasteiger partial charge >= 0.3 is 0 Å². The predicted molar refractivity (Wildman–Crippen MR) is 55.9 cm³/mol. The third-order valence-corrected chi connectivity index (χ3v) is 1.93. The number of nitrogens with zero attached hydrogens (tertiary/aromatic N) is 2. The van der Waals surface area contributed by atoms with E-state index in [1.807, 2.05) is 20.8 Å². The maximum atomic E-state index is 8.96. The number of aliphatic hydroxyl groups is 1. The van der Waals surface area contributed by atoms with E-state index in [4.69, 9.17) is 5.11 Å². The van der Waals surface area contributed by atoms with Crippen molar-refractivity contribution in [2.75, 3.05) is 0 Å². The van der Waals surface area contributed by atoms with E-state index >= 15 is 0 Å². The Labute approximate surface area is 83.0 Å². The molecule has 0 unspecified atom stereocenters. The lowest BCUT2D eigenvalue weighted by molar-refractivity contribution is 0.282. The summed E-state index contributed by atoms with van der Waals surface area (Å²) >= 11 is 0. The summed E-state index contributed by atoms with van der Waals surface area (Å²) in [6.45, 7) is 5.91. The van der Waals surface area contributed by atoms with Crippen LogP contribution in [0.15, 0.2) is 12.4 Å². The minimum Gasteiger partial charge on any atom is -0.392 e. The van der Waals surface area contributed by atoms with E-state index in [0.29, 0.717) is 0 Å². The van der Waals surface area contributed by atoms with Crippen LogP contribution in [0.2, 0.25) is 0 Å². The first kappa shape index (κ1) is 10.7. The number of hydrogen-bond donors (Lipinski definition) is 2. The standard InChI is InChI=1S/C8H9N3O.C2H6/c1-5-7-3-10-11-8(7)6(4-12)2-9-5;1-2/h2-3,12H,4H2,1H3,(H,10,11);1-2H3. The van der Waals surface area contributed by atoms with Gasteiger partial charge in [0.2, 0.25) is 0 Å². The zero-order valence-electron chi connectivity index (χ0n) is 8.70. The SMILES string of the molecule is CC.Cc1ncc(CO)c2[nH]ncc12. The van der Waals surface area contributed by atoms with E-state index in [1.54, 1.807) is 12.4 Å². The minimum absolute atomic E-state index is 0.00796. The number of nitrogens with one attached hydrogen (secondary N) is 1. The summed E-state index contributed by atoms with van der Waals surface area (Å²) in [7, 11) is 0. The normalized spacial score (nSPS) is 9.71. The molecule has 0 spiro atoms. The number of aryl methyl sites for hydroxylation is 1. The average molecular weight is 193 g/mol. The van der Waals surface area contributed by atoms with Crippen LogP contribution in [0.1, 0.15) is 25.1 Å². The zero-order chi connectivity index (χ0) is 10.6. The second kappa shape index (κ2) is 4.72. The molecule has 0 aliphatic rings. The third-order valence-electron chi connectivity index (χ3n) is 1.93. The zero-order valence-corrected chi connectivity index (χ0v) is 8.70. The van der Waals surface area contributed by atoms with Gasteiger partial charge in [0.1, 0.15) is 0 Å². The summed E-state index contributed by atoms with van der Waals surface area (Å²) in [6.07, 6.45) is 3.38. The summed E-state index contributed by atoms with van der Waals surface area (Å²) in [6, 6.07) is 0. The van der Waals surface area contributed by atoms with Gasteiger partial charge in [0.05, 0.1) is 18.3 Å². The molecule has 4 nitrogen and oxygen atoms in total. The van der Waals surface area contributed by atoms with Crippen LogP contribution in [0, 0.1) is 6.92 Å². The largest absolute Gasteiger partial charge is 0.392 e. The van der Waals surface area contributed by atoms with Gasteiger partial charge in [-0.25, -0.2) is 0 Å². The maximum absolute atomic E-state index is 8.96. The lowest BCUT2D eigenvalue weighted by atomic mass is 10.2. The Morgan fingerprint density at radius 3 is 2.71 bits per heavy atom. The van der Waals surface area contributed by atoms with Crippen molar-refractivity contribution in [3.8, 4) is 0 Å². The van der Waals surface area contributed by atoms with Crippen molar-refractivity contribution in [3.05, 3.63) is 23.7 Å². The minimum atomic E-state index is -0.00796. The maximum Gasteiger partial charge on any atom is 0.0739 e. The molecule has 0 radical (unpaired) electrons. The fraction of sp³-hybridized carbons (Fsp3) is 0.400. The van der Waals surface area contributed by atoms with Crippen LogP contribution in [0.3, 0.4) is 0 Å². The number of H-pyrrole nitrogens is 1. The fourth-order valence-corrected chi connectivity index (χ4v) is 1.23. The molecule has 0 saturated heterocycles. The first-order chi connectivity index (χ1) is 6.83. The molecule has 0 amide bonds. The molecule has 0 aromatic carbocycles. The van der Waals surface area contributed by atoms with Crippen LogP contribution in [0.4, 0.5) is 0 Å². The molecule has 14 heavy (non-hydrogen) atoms. The molecule has 2 N–H and O–H groups in total. The van der Waals surface area contributed by atoms with E-state index in [9.17, 15) is 0 Å². The van der Waals surface area contributed by atoms with E-state index in [1.165, 1.54) is 0 Å². The predicted octanol–water partition coefficient (Wildman–Crippen LogP) is 1.78. The molecule has 2 rings (SSSR count). The molecule has 0 saturated carbocycles. The second-order valence-electron chi connectivity index (χ2n) is 2.69. The van der Waals surface area contributed by atoms with Gasteiger partial charge in [-0.05, 0) is 6.92 Å². The number of aliphatic hydroxyl groups excluding tert-OH is 1. The van der Waals surface area contributed by atoms with Gasteiger partial charge in [-0.15, -0.1) is 0 Å². The Hall–Kier alpha value is -1.42. The van der Waals surface area contributed by atoms with Gasteiger partial charge < -0.3 is 5.11 Å². The Morgan fingerprint density at radius 1 is 1.36 bits per heavy atom. The molecule has 2 heterocycles. The van der Waals surface area contributed by atoms with Crippen LogP contribution in [-0.2, 0) is 6.61 Å². The van der Waals surface area contributed by atoms with E-state index in [0.717, 1.165) is 22.2 Å². The molecule has 0 fully saturated rings. The van der Waals surface area contributed by atoms with Gasteiger partial charge in [-0.1, -0.05) is 13.8 Å². The molecule has 0 bridgehead atoms. The monoisotopic (exact) mass is 193 g/mol. The molecule has 4 heteroatoms. The smallest absolute Gasteiger partial charge is 0.0739 e. The highest BCUT2D eigenvalue weighted by Gasteiger charge is 2.04. The van der Waals surface area contributed by atoms with Crippen molar-refractivity contribution in [1.29, 1.82) is 0 Å². The number of fused-ring (bicyclic) bond motifs is 1. The summed E-state index contributed by atoms with van der Waals surface area (Å²) in [5.74, 6) is 0. The fourth-order valence-electron chi connectivity index (χ4n) is 1.23. The lowest BCUT2D eigenvalue weighted by Gasteiger charge is -1.98. The Bertz CT molecular complexity index is 409. The van der Waals surface area contributed by atoms with Crippen molar-refractivity contribution in [2.45, 2.75) is 27.4 Å². The highest BCUT2D eigenvalue weighted by molar-refractivity contribution is 5.82. The third kappa shape index (κ3) is 1.75. The summed E-state index contributed by atoms with van der Waals surface area (Å²) in [4.78, 5) is 4.13. The van der Waals surface area contributed by atoms with Crippen LogP contribution in [0.25, 0.3) is 10.9 Å². The van der Waals surface area contributed by atoms with Crippen molar-refractivity contribution >= 4 is 10.9 Å². The van der Waals surface area contributed by atoms with Crippen LogP contribution < -0.4 is 0 Å². The molecule has 0 aliphatic carbocycles. The van der Waals surface area contributed by atoms with Crippen molar-refractivity contribution < 1.29 is 5.11 Å². The van der Waals surface area contributed by atoms with Crippen LogP contribution in [0.5, 0.6) is 0 Å². The molecular weight excluding hydrogens is 178 g/mol.